The van der Waals surface area contributed by atoms with Gasteiger partial charge in [0.15, 0.2) is 5.92 Å². The van der Waals surface area contributed by atoms with Crippen molar-refractivity contribution in [3.8, 4) is 6.07 Å². The Morgan fingerprint density at radius 3 is 2.53 bits per heavy atom. The van der Waals surface area contributed by atoms with E-state index in [1.807, 2.05) is 0 Å². The molecule has 19 heavy (non-hydrogen) atoms. The molecule has 0 radical (unpaired) electrons. The van der Waals surface area contributed by atoms with Crippen molar-refractivity contribution in [1.82, 2.24) is 0 Å². The highest BCUT2D eigenvalue weighted by Gasteiger charge is 2.23. The highest BCUT2D eigenvalue weighted by atomic mass is 79.9. The van der Waals surface area contributed by atoms with Gasteiger partial charge in [0.05, 0.1) is 12.7 Å². The molecular weight excluding hydrogens is 320 g/mol. The molecule has 102 valence electrons. The first kappa shape index (κ1) is 15.6. The number of alkyl halides is 3. The minimum atomic E-state index is -2.65. The Kier molecular flexibility index (Phi) is 5.90. The number of carbonyl (C=O) groups is 1. The molecule has 0 amide bonds. The molecule has 3 nitrogen and oxygen atoms in total. The number of nitrogens with zero attached hydrogens (tertiary/aromatic N) is 1. The van der Waals surface area contributed by atoms with E-state index in [1.165, 1.54) is 12.1 Å². The van der Waals surface area contributed by atoms with Crippen molar-refractivity contribution < 1.29 is 18.3 Å². The second kappa shape index (κ2) is 7.19. The molecule has 1 rings (SSSR count). The molecule has 0 N–H and O–H groups in total. The Morgan fingerprint density at radius 1 is 1.42 bits per heavy atom. The number of rotatable bonds is 5. The van der Waals surface area contributed by atoms with Crippen molar-refractivity contribution in [3.63, 3.8) is 0 Å². The van der Waals surface area contributed by atoms with E-state index in [2.05, 4.69) is 15.9 Å². The van der Waals surface area contributed by atoms with E-state index < -0.39 is 18.3 Å². The van der Waals surface area contributed by atoms with Crippen LogP contribution in [0.4, 0.5) is 8.78 Å². The number of benzene rings is 1. The Balaban J connectivity index is 3.20. The van der Waals surface area contributed by atoms with Gasteiger partial charge in [-0.25, -0.2) is 8.78 Å². The summed E-state index contributed by atoms with van der Waals surface area (Å²) in [7, 11) is 0. The average molecular weight is 332 g/mol. The van der Waals surface area contributed by atoms with Gasteiger partial charge in [0.1, 0.15) is 0 Å². The zero-order valence-electron chi connectivity index (χ0n) is 10.2. The van der Waals surface area contributed by atoms with Gasteiger partial charge in [-0.2, -0.15) is 5.26 Å². The fourth-order valence-corrected chi connectivity index (χ4v) is 1.93. The molecule has 6 heteroatoms. The summed E-state index contributed by atoms with van der Waals surface area (Å²) in [6, 6.07) is 5.84. The maximum atomic E-state index is 12.8. The molecule has 0 aliphatic carbocycles. The number of hydrogen-bond donors (Lipinski definition) is 0. The summed E-state index contributed by atoms with van der Waals surface area (Å²) in [4.78, 5) is 11.6. The van der Waals surface area contributed by atoms with Crippen LogP contribution >= 0.6 is 15.9 Å². The SMILES string of the molecule is CCOC(=O)C(C#N)c1cc(CBr)cc(C(F)F)c1. The Hall–Kier alpha value is -1.48. The zero-order valence-corrected chi connectivity index (χ0v) is 11.8. The van der Waals surface area contributed by atoms with Crippen LogP contribution in [-0.4, -0.2) is 12.6 Å². The highest BCUT2D eigenvalue weighted by molar-refractivity contribution is 9.08. The molecule has 1 atom stereocenters. The number of hydrogen-bond acceptors (Lipinski definition) is 3. The Labute approximate surface area is 118 Å². The summed E-state index contributed by atoms with van der Waals surface area (Å²) in [5.41, 5.74) is 0.599. The highest BCUT2D eigenvalue weighted by Crippen LogP contribution is 2.27. The third kappa shape index (κ3) is 4.00. The van der Waals surface area contributed by atoms with Crippen molar-refractivity contribution in [3.05, 3.63) is 34.9 Å². The summed E-state index contributed by atoms with van der Waals surface area (Å²) in [6.45, 7) is 1.75. The molecule has 1 aromatic carbocycles. The lowest BCUT2D eigenvalue weighted by atomic mass is 9.96. The Bertz CT molecular complexity index is 500. The van der Waals surface area contributed by atoms with Crippen molar-refractivity contribution >= 4 is 21.9 Å². The molecule has 0 aromatic heterocycles. The third-order valence-corrected chi connectivity index (χ3v) is 3.08. The second-order valence-electron chi connectivity index (χ2n) is 3.76. The molecule has 0 spiro atoms. The predicted molar refractivity (Wildman–Crippen MR) is 69.0 cm³/mol. The maximum Gasteiger partial charge on any atom is 0.327 e. The summed E-state index contributed by atoms with van der Waals surface area (Å²) >= 11 is 3.17. The van der Waals surface area contributed by atoms with Crippen LogP contribution in [0.5, 0.6) is 0 Å². The quantitative estimate of drug-likeness (QED) is 0.610. The van der Waals surface area contributed by atoms with Crippen LogP contribution < -0.4 is 0 Å². The van der Waals surface area contributed by atoms with Crippen molar-refractivity contribution in [2.75, 3.05) is 6.61 Å². The molecule has 0 aliphatic heterocycles. The van der Waals surface area contributed by atoms with E-state index in [-0.39, 0.29) is 17.7 Å². The minimum absolute atomic E-state index is 0.136. The predicted octanol–water partition coefficient (Wildman–Crippen LogP) is 3.69. The minimum Gasteiger partial charge on any atom is -0.465 e. The average Bonchev–Trinajstić information content (AvgIpc) is 2.39. The fraction of sp³-hybridized carbons (Fsp3) is 0.385. The summed E-state index contributed by atoms with van der Waals surface area (Å²) in [5.74, 6) is -1.91. The van der Waals surface area contributed by atoms with E-state index in [0.29, 0.717) is 10.9 Å². The summed E-state index contributed by atoms with van der Waals surface area (Å²) in [5, 5.41) is 9.38. The van der Waals surface area contributed by atoms with Gasteiger partial charge in [-0.05, 0) is 30.2 Å². The van der Waals surface area contributed by atoms with Gasteiger partial charge in [0.2, 0.25) is 0 Å². The van der Waals surface area contributed by atoms with E-state index >= 15 is 0 Å². The van der Waals surface area contributed by atoms with Gasteiger partial charge in [-0.3, -0.25) is 4.79 Å². The Morgan fingerprint density at radius 2 is 2.05 bits per heavy atom. The van der Waals surface area contributed by atoms with E-state index in [0.717, 1.165) is 0 Å². The van der Waals surface area contributed by atoms with E-state index in [9.17, 15) is 13.6 Å². The monoisotopic (exact) mass is 331 g/mol. The number of nitriles is 1. The van der Waals surface area contributed by atoms with Gasteiger partial charge < -0.3 is 4.74 Å². The van der Waals surface area contributed by atoms with Crippen molar-refractivity contribution in [1.29, 1.82) is 5.26 Å². The van der Waals surface area contributed by atoms with Crippen LogP contribution in [-0.2, 0) is 14.9 Å². The van der Waals surface area contributed by atoms with Gasteiger partial charge in [-0.1, -0.05) is 22.0 Å². The smallest absolute Gasteiger partial charge is 0.327 e. The van der Waals surface area contributed by atoms with Gasteiger partial charge >= 0.3 is 5.97 Å². The first-order chi connectivity index (χ1) is 9.03. The molecule has 1 aromatic rings. The fourth-order valence-electron chi connectivity index (χ4n) is 1.60. The second-order valence-corrected chi connectivity index (χ2v) is 4.32. The summed E-state index contributed by atoms with van der Waals surface area (Å²) < 4.78 is 30.3. The molecule has 0 saturated heterocycles. The normalized spacial score (nSPS) is 12.0. The standard InChI is InChI=1S/C13H12BrF2NO2/c1-2-19-13(18)11(7-17)9-3-8(6-14)4-10(5-9)12(15)16/h3-5,11-12H,2,6H2,1H3. The van der Waals surface area contributed by atoms with E-state index in [4.69, 9.17) is 10.00 Å². The van der Waals surface area contributed by atoms with Crippen molar-refractivity contribution in [2.24, 2.45) is 0 Å². The van der Waals surface area contributed by atoms with Crippen molar-refractivity contribution in [2.45, 2.75) is 24.6 Å². The first-order valence-corrected chi connectivity index (χ1v) is 6.69. The van der Waals surface area contributed by atoms with E-state index in [1.54, 1.807) is 19.1 Å². The van der Waals surface area contributed by atoms with Crippen LogP contribution in [0.2, 0.25) is 0 Å². The van der Waals surface area contributed by atoms with Crippen LogP contribution in [0.25, 0.3) is 0 Å². The van der Waals surface area contributed by atoms with Crippen LogP contribution in [0.3, 0.4) is 0 Å². The molecule has 0 saturated carbocycles. The molecular formula is C13H12BrF2NO2. The largest absolute Gasteiger partial charge is 0.465 e. The van der Waals surface area contributed by atoms with Gasteiger partial charge in [0.25, 0.3) is 6.43 Å². The molecule has 0 aliphatic rings. The lowest BCUT2D eigenvalue weighted by molar-refractivity contribution is -0.143. The van der Waals surface area contributed by atoms with Crippen LogP contribution in [0, 0.1) is 11.3 Å². The third-order valence-electron chi connectivity index (χ3n) is 2.43. The van der Waals surface area contributed by atoms with Crippen LogP contribution in [0.15, 0.2) is 18.2 Å². The number of ether oxygens (including phenoxy) is 1. The molecule has 0 bridgehead atoms. The molecule has 0 heterocycles. The van der Waals surface area contributed by atoms with Crippen LogP contribution in [0.1, 0.15) is 36.0 Å². The molecule has 1 unspecified atom stereocenters. The number of esters is 1. The first-order valence-electron chi connectivity index (χ1n) is 5.57. The maximum absolute atomic E-state index is 12.8. The summed E-state index contributed by atoms with van der Waals surface area (Å²) in [6.07, 6.45) is -2.65. The molecule has 0 fully saturated rings. The lowest BCUT2D eigenvalue weighted by Crippen LogP contribution is -2.15. The lowest BCUT2D eigenvalue weighted by Gasteiger charge is -2.12. The number of carbonyl (C=O) groups excluding carboxylic acids is 1. The van der Waals surface area contributed by atoms with Gasteiger partial charge in [-0.15, -0.1) is 0 Å². The van der Waals surface area contributed by atoms with Gasteiger partial charge in [0, 0.05) is 10.9 Å². The topological polar surface area (TPSA) is 50.1 Å². The number of halogens is 3. The zero-order chi connectivity index (χ0) is 14.4.